The van der Waals surface area contributed by atoms with Gasteiger partial charge >= 0.3 is 0 Å². The van der Waals surface area contributed by atoms with Crippen LogP contribution in [0, 0.1) is 20.8 Å². The van der Waals surface area contributed by atoms with Gasteiger partial charge in [0.1, 0.15) is 0 Å². The molecule has 7 heteroatoms. The van der Waals surface area contributed by atoms with Crippen LogP contribution in [0.25, 0.3) is 0 Å². The molecule has 5 rings (SSSR count). The van der Waals surface area contributed by atoms with Crippen molar-refractivity contribution >= 4 is 23.4 Å². The first-order valence-electron chi connectivity index (χ1n) is 10.6. The molecular weight excluding hydrogens is 420 g/mol. The maximum absolute atomic E-state index is 13.2. The average Bonchev–Trinajstić information content (AvgIpc) is 3.34. The van der Waals surface area contributed by atoms with Gasteiger partial charge < -0.3 is 14.8 Å². The van der Waals surface area contributed by atoms with Gasteiger partial charge in [0.15, 0.2) is 11.5 Å². The Bertz CT molecular complexity index is 1320. The van der Waals surface area contributed by atoms with Crippen LogP contribution in [0.1, 0.15) is 53.3 Å². The monoisotopic (exact) mass is 442 g/mol. The molecule has 7 nitrogen and oxygen atoms in total. The van der Waals surface area contributed by atoms with Crippen molar-refractivity contribution in [3.63, 3.8) is 0 Å². The summed E-state index contributed by atoms with van der Waals surface area (Å²) < 4.78 is 10.7. The van der Waals surface area contributed by atoms with Gasteiger partial charge in [-0.2, -0.15) is 0 Å². The number of imide groups is 1. The lowest BCUT2D eigenvalue weighted by Gasteiger charge is -2.20. The number of ether oxygens (including phenoxy) is 2. The normalized spacial score (nSPS) is 14.0. The third kappa shape index (κ3) is 3.51. The van der Waals surface area contributed by atoms with Crippen molar-refractivity contribution in [3.8, 4) is 11.5 Å². The lowest BCUT2D eigenvalue weighted by Crippen LogP contribution is -2.30. The predicted octanol–water partition coefficient (Wildman–Crippen LogP) is 4.07. The van der Waals surface area contributed by atoms with Gasteiger partial charge in [0.2, 0.25) is 6.79 Å². The summed E-state index contributed by atoms with van der Waals surface area (Å²) in [6.07, 6.45) is 0. The Morgan fingerprint density at radius 3 is 2.33 bits per heavy atom. The maximum atomic E-state index is 13.2. The number of hydrogen-bond donors (Lipinski definition) is 1. The number of rotatable bonds is 4. The molecule has 166 valence electrons. The number of hydrogen-bond acceptors (Lipinski definition) is 5. The fourth-order valence-electron chi connectivity index (χ4n) is 4.45. The molecule has 0 aromatic heterocycles. The Morgan fingerprint density at radius 2 is 1.58 bits per heavy atom. The highest BCUT2D eigenvalue weighted by Crippen LogP contribution is 2.34. The molecule has 0 saturated carbocycles. The molecule has 0 bridgehead atoms. The molecule has 33 heavy (non-hydrogen) atoms. The Morgan fingerprint density at radius 1 is 0.879 bits per heavy atom. The van der Waals surface area contributed by atoms with Crippen molar-refractivity contribution in [2.75, 3.05) is 11.7 Å². The summed E-state index contributed by atoms with van der Waals surface area (Å²) in [5.41, 5.74) is 5.06. The second-order valence-corrected chi connectivity index (χ2v) is 8.32. The second kappa shape index (κ2) is 7.78. The van der Waals surface area contributed by atoms with Crippen molar-refractivity contribution in [2.45, 2.75) is 27.3 Å². The summed E-state index contributed by atoms with van der Waals surface area (Å²) in [5.74, 6) is 0.186. The number of nitrogens with one attached hydrogen (secondary N) is 1. The molecule has 0 spiro atoms. The van der Waals surface area contributed by atoms with E-state index in [-0.39, 0.29) is 30.7 Å². The van der Waals surface area contributed by atoms with E-state index in [1.165, 1.54) is 11.0 Å². The molecule has 3 aromatic rings. The first kappa shape index (κ1) is 20.8. The highest BCUT2D eigenvalue weighted by Gasteiger charge is 2.38. The molecule has 2 aliphatic heterocycles. The molecule has 0 fully saturated rings. The third-order valence-corrected chi connectivity index (χ3v) is 5.90. The van der Waals surface area contributed by atoms with Crippen LogP contribution in [-0.4, -0.2) is 24.5 Å². The summed E-state index contributed by atoms with van der Waals surface area (Å²) in [5, 5.41) is 2.85. The van der Waals surface area contributed by atoms with Crippen LogP contribution in [0.2, 0.25) is 0 Å². The van der Waals surface area contributed by atoms with E-state index in [1.807, 2.05) is 45.0 Å². The van der Waals surface area contributed by atoms with Crippen LogP contribution in [0.15, 0.2) is 48.5 Å². The molecule has 3 aromatic carbocycles. The number of carbonyl (C=O) groups is 3. The lowest BCUT2D eigenvalue weighted by atomic mass is 10.0. The summed E-state index contributed by atoms with van der Waals surface area (Å²) in [4.78, 5) is 40.2. The lowest BCUT2D eigenvalue weighted by molar-refractivity contribution is 0.0923. The van der Waals surface area contributed by atoms with Gasteiger partial charge in [0.25, 0.3) is 17.7 Å². The SMILES string of the molecule is Cc1cc(C)c(N2C(=O)c3ccc(C(=O)NCc4ccc5c(c4)OCO5)cc3C2=O)c(C)c1. The van der Waals surface area contributed by atoms with Crippen molar-refractivity contribution in [3.05, 3.63) is 87.5 Å². The fraction of sp³-hybridized carbons (Fsp3) is 0.192. The van der Waals surface area contributed by atoms with E-state index in [2.05, 4.69) is 5.32 Å². The van der Waals surface area contributed by atoms with Gasteiger partial charge in [-0.25, -0.2) is 4.90 Å². The molecule has 0 aliphatic carbocycles. The summed E-state index contributed by atoms with van der Waals surface area (Å²) >= 11 is 0. The maximum Gasteiger partial charge on any atom is 0.266 e. The van der Waals surface area contributed by atoms with Gasteiger partial charge in [-0.1, -0.05) is 23.8 Å². The Labute approximate surface area is 190 Å². The van der Waals surface area contributed by atoms with Crippen LogP contribution in [-0.2, 0) is 6.54 Å². The van der Waals surface area contributed by atoms with Crippen molar-refractivity contribution in [1.29, 1.82) is 0 Å². The van der Waals surface area contributed by atoms with Crippen LogP contribution < -0.4 is 19.7 Å². The number of amides is 3. The summed E-state index contributed by atoms with van der Waals surface area (Å²) in [7, 11) is 0. The van der Waals surface area contributed by atoms with E-state index >= 15 is 0 Å². The molecule has 0 unspecified atom stereocenters. The zero-order valence-corrected chi connectivity index (χ0v) is 18.5. The molecule has 2 heterocycles. The fourth-order valence-corrected chi connectivity index (χ4v) is 4.45. The number of fused-ring (bicyclic) bond motifs is 2. The minimum atomic E-state index is -0.421. The highest BCUT2D eigenvalue weighted by molar-refractivity contribution is 6.35. The standard InChI is InChI=1S/C26H22N2O5/c1-14-8-15(2)23(16(3)9-14)28-25(30)19-6-5-18(11-20(19)26(28)31)24(29)27-12-17-4-7-21-22(10-17)33-13-32-21/h4-11H,12-13H2,1-3H3,(H,27,29). The Balaban J connectivity index is 1.37. The van der Waals surface area contributed by atoms with Crippen LogP contribution in [0.3, 0.4) is 0 Å². The van der Waals surface area contributed by atoms with Gasteiger partial charge in [-0.3, -0.25) is 14.4 Å². The number of benzene rings is 3. The average molecular weight is 442 g/mol. The van der Waals surface area contributed by atoms with Crippen molar-refractivity contribution in [1.82, 2.24) is 5.32 Å². The zero-order valence-electron chi connectivity index (χ0n) is 18.5. The number of anilines is 1. The van der Waals surface area contributed by atoms with Gasteiger partial charge in [-0.15, -0.1) is 0 Å². The zero-order chi connectivity index (χ0) is 23.3. The van der Waals surface area contributed by atoms with E-state index in [0.717, 1.165) is 22.3 Å². The minimum absolute atomic E-state index is 0.186. The van der Waals surface area contributed by atoms with E-state index in [0.29, 0.717) is 28.3 Å². The largest absolute Gasteiger partial charge is 0.454 e. The first-order valence-corrected chi connectivity index (χ1v) is 10.6. The Hall–Kier alpha value is -4.13. The van der Waals surface area contributed by atoms with Crippen LogP contribution in [0.5, 0.6) is 11.5 Å². The molecule has 3 amide bonds. The van der Waals surface area contributed by atoms with E-state index in [4.69, 9.17) is 9.47 Å². The van der Waals surface area contributed by atoms with Crippen LogP contribution >= 0.6 is 0 Å². The molecular formula is C26H22N2O5. The molecule has 0 atom stereocenters. The summed E-state index contributed by atoms with van der Waals surface area (Å²) in [6, 6.07) is 14.0. The molecule has 0 radical (unpaired) electrons. The van der Waals surface area contributed by atoms with E-state index in [9.17, 15) is 14.4 Å². The van der Waals surface area contributed by atoms with Crippen molar-refractivity contribution in [2.24, 2.45) is 0 Å². The first-order chi connectivity index (χ1) is 15.8. The smallest absolute Gasteiger partial charge is 0.266 e. The quantitative estimate of drug-likeness (QED) is 0.616. The summed E-state index contributed by atoms with van der Waals surface area (Å²) in [6.45, 7) is 6.21. The number of aryl methyl sites for hydroxylation is 3. The van der Waals surface area contributed by atoms with Crippen molar-refractivity contribution < 1.29 is 23.9 Å². The third-order valence-electron chi connectivity index (χ3n) is 5.90. The Kier molecular flexibility index (Phi) is 4.89. The molecule has 1 N–H and O–H groups in total. The number of carbonyl (C=O) groups excluding carboxylic acids is 3. The van der Waals surface area contributed by atoms with Gasteiger partial charge in [0, 0.05) is 12.1 Å². The molecule has 0 saturated heterocycles. The highest BCUT2D eigenvalue weighted by atomic mass is 16.7. The van der Waals surface area contributed by atoms with Crippen LogP contribution in [0.4, 0.5) is 5.69 Å². The second-order valence-electron chi connectivity index (χ2n) is 8.32. The van der Waals surface area contributed by atoms with E-state index < -0.39 is 5.91 Å². The topological polar surface area (TPSA) is 84.9 Å². The molecule has 2 aliphatic rings. The minimum Gasteiger partial charge on any atom is -0.454 e. The van der Waals surface area contributed by atoms with Gasteiger partial charge in [-0.05, 0) is 67.8 Å². The van der Waals surface area contributed by atoms with Gasteiger partial charge in [0.05, 0.1) is 16.8 Å². The van der Waals surface area contributed by atoms with E-state index in [1.54, 1.807) is 18.2 Å². The predicted molar refractivity (Wildman–Crippen MR) is 122 cm³/mol. The number of nitrogens with zero attached hydrogens (tertiary/aromatic N) is 1.